The van der Waals surface area contributed by atoms with E-state index in [0.29, 0.717) is 5.82 Å². The van der Waals surface area contributed by atoms with Crippen LogP contribution in [0.2, 0.25) is 0 Å². The lowest BCUT2D eigenvalue weighted by Gasteiger charge is -2.27. The third kappa shape index (κ3) is 1.45. The molecule has 0 aliphatic carbocycles. The molecule has 0 atom stereocenters. The van der Waals surface area contributed by atoms with E-state index in [1.807, 2.05) is 16.8 Å². The summed E-state index contributed by atoms with van der Waals surface area (Å²) in [6.45, 7) is 6.51. The van der Waals surface area contributed by atoms with Crippen LogP contribution in [-0.2, 0) is 5.54 Å². The Balaban J connectivity index is 2.70. The Morgan fingerprint density at radius 2 is 2.06 bits per heavy atom. The zero-order valence-electron chi connectivity index (χ0n) is 10.1. The van der Waals surface area contributed by atoms with E-state index in [4.69, 9.17) is 5.73 Å². The molecule has 2 aromatic rings. The summed E-state index contributed by atoms with van der Waals surface area (Å²) in [5.41, 5.74) is 6.78. The second kappa shape index (κ2) is 3.77. The molecule has 86 valence electrons. The van der Waals surface area contributed by atoms with Crippen molar-refractivity contribution >= 4 is 16.9 Å². The van der Waals surface area contributed by atoms with E-state index in [1.54, 1.807) is 6.20 Å². The van der Waals surface area contributed by atoms with Gasteiger partial charge in [0, 0.05) is 6.20 Å². The maximum absolute atomic E-state index is 5.91. The molecule has 2 N–H and O–H groups in total. The summed E-state index contributed by atoms with van der Waals surface area (Å²) in [7, 11) is 0. The molecule has 0 radical (unpaired) electrons. The molecule has 0 bridgehead atoms. The van der Waals surface area contributed by atoms with Crippen LogP contribution in [0.15, 0.2) is 18.3 Å². The minimum absolute atomic E-state index is 0.00970. The van der Waals surface area contributed by atoms with E-state index >= 15 is 0 Å². The molecule has 0 aliphatic heterocycles. The molecule has 2 heterocycles. The van der Waals surface area contributed by atoms with Crippen molar-refractivity contribution in [1.82, 2.24) is 14.8 Å². The lowest BCUT2D eigenvalue weighted by atomic mass is 9.96. The Labute approximate surface area is 95.5 Å². The predicted molar refractivity (Wildman–Crippen MR) is 66.2 cm³/mol. The molecule has 0 saturated heterocycles. The van der Waals surface area contributed by atoms with Gasteiger partial charge < -0.3 is 5.73 Å². The Morgan fingerprint density at radius 1 is 1.38 bits per heavy atom. The maximum atomic E-state index is 5.91. The molecule has 0 fully saturated rings. The fourth-order valence-corrected chi connectivity index (χ4v) is 1.90. The van der Waals surface area contributed by atoms with Crippen LogP contribution < -0.4 is 5.73 Å². The first-order valence-corrected chi connectivity index (χ1v) is 5.72. The number of nitrogens with zero attached hydrogens (tertiary/aromatic N) is 3. The molecule has 2 aromatic heterocycles. The number of aromatic nitrogens is 3. The topological polar surface area (TPSA) is 56.7 Å². The number of anilines is 1. The van der Waals surface area contributed by atoms with Crippen LogP contribution in [0, 0.1) is 0 Å². The zero-order chi connectivity index (χ0) is 11.8. The molecule has 4 nitrogen and oxygen atoms in total. The van der Waals surface area contributed by atoms with Gasteiger partial charge >= 0.3 is 0 Å². The van der Waals surface area contributed by atoms with Gasteiger partial charge in [0.1, 0.15) is 0 Å². The van der Waals surface area contributed by atoms with E-state index in [0.717, 1.165) is 23.9 Å². The molecular weight excluding hydrogens is 200 g/mol. The molecule has 0 amide bonds. The van der Waals surface area contributed by atoms with Gasteiger partial charge in [-0.15, -0.1) is 0 Å². The normalized spacial score (nSPS) is 12.2. The number of fused-ring (bicyclic) bond motifs is 1. The summed E-state index contributed by atoms with van der Waals surface area (Å²) >= 11 is 0. The SMILES string of the molecule is CCC(C)(CC)n1nc(N)c2cccnc21. The van der Waals surface area contributed by atoms with E-state index < -0.39 is 0 Å². The first-order chi connectivity index (χ1) is 7.62. The van der Waals surface area contributed by atoms with Crippen LogP contribution >= 0.6 is 0 Å². The monoisotopic (exact) mass is 218 g/mol. The van der Waals surface area contributed by atoms with Crippen molar-refractivity contribution in [2.45, 2.75) is 39.2 Å². The summed E-state index contributed by atoms with van der Waals surface area (Å²) in [5, 5.41) is 5.38. The third-order valence-electron chi connectivity index (χ3n) is 3.51. The van der Waals surface area contributed by atoms with Crippen LogP contribution in [-0.4, -0.2) is 14.8 Å². The second-order valence-electron chi connectivity index (χ2n) is 4.38. The fraction of sp³-hybridized carbons (Fsp3) is 0.500. The number of nitrogens with two attached hydrogens (primary N) is 1. The van der Waals surface area contributed by atoms with Gasteiger partial charge in [0.25, 0.3) is 0 Å². The second-order valence-corrected chi connectivity index (χ2v) is 4.38. The predicted octanol–water partition coefficient (Wildman–Crippen LogP) is 2.55. The molecule has 2 rings (SSSR count). The number of pyridine rings is 1. The smallest absolute Gasteiger partial charge is 0.160 e. The highest BCUT2D eigenvalue weighted by Crippen LogP contribution is 2.29. The van der Waals surface area contributed by atoms with Crippen molar-refractivity contribution in [3.8, 4) is 0 Å². The Bertz CT molecular complexity index is 497. The first-order valence-electron chi connectivity index (χ1n) is 5.72. The van der Waals surface area contributed by atoms with Gasteiger partial charge in [-0.3, -0.25) is 0 Å². The molecule has 0 unspecified atom stereocenters. The van der Waals surface area contributed by atoms with Gasteiger partial charge in [-0.2, -0.15) is 5.10 Å². The van der Waals surface area contributed by atoms with Crippen molar-refractivity contribution in [2.24, 2.45) is 0 Å². The summed E-state index contributed by atoms with van der Waals surface area (Å²) in [6, 6.07) is 3.85. The average molecular weight is 218 g/mol. The van der Waals surface area contributed by atoms with Crippen LogP contribution in [0.3, 0.4) is 0 Å². The van der Waals surface area contributed by atoms with E-state index in [-0.39, 0.29) is 5.54 Å². The maximum Gasteiger partial charge on any atom is 0.160 e. The molecule has 0 aromatic carbocycles. The molecule has 0 aliphatic rings. The number of rotatable bonds is 3. The fourth-order valence-electron chi connectivity index (χ4n) is 1.90. The van der Waals surface area contributed by atoms with E-state index in [9.17, 15) is 0 Å². The van der Waals surface area contributed by atoms with Crippen molar-refractivity contribution in [1.29, 1.82) is 0 Å². The highest BCUT2D eigenvalue weighted by atomic mass is 15.4. The summed E-state index contributed by atoms with van der Waals surface area (Å²) < 4.78 is 1.97. The minimum atomic E-state index is -0.00970. The van der Waals surface area contributed by atoms with Crippen molar-refractivity contribution in [2.75, 3.05) is 5.73 Å². The average Bonchev–Trinajstić information content (AvgIpc) is 2.67. The van der Waals surface area contributed by atoms with Crippen LogP contribution in [0.5, 0.6) is 0 Å². The van der Waals surface area contributed by atoms with Gasteiger partial charge in [0.05, 0.1) is 10.9 Å². The van der Waals surface area contributed by atoms with E-state index in [2.05, 4.69) is 30.9 Å². The standard InChI is InChI=1S/C12H18N4/c1-4-12(3,5-2)16-11-9(10(13)15-16)7-6-8-14-11/h6-8H,4-5H2,1-3H3,(H2,13,15). The van der Waals surface area contributed by atoms with Crippen LogP contribution in [0.4, 0.5) is 5.82 Å². The van der Waals surface area contributed by atoms with Gasteiger partial charge in [-0.1, -0.05) is 13.8 Å². The van der Waals surface area contributed by atoms with Crippen molar-refractivity contribution in [3.63, 3.8) is 0 Å². The first kappa shape index (κ1) is 10.9. The number of nitrogen functional groups attached to an aromatic ring is 1. The Kier molecular flexibility index (Phi) is 2.58. The highest BCUT2D eigenvalue weighted by Gasteiger charge is 2.26. The zero-order valence-corrected chi connectivity index (χ0v) is 10.1. The molecule has 0 saturated carbocycles. The summed E-state index contributed by atoms with van der Waals surface area (Å²) in [5.74, 6) is 0.566. The Hall–Kier alpha value is -1.58. The lowest BCUT2D eigenvalue weighted by Crippen LogP contribution is -2.29. The minimum Gasteiger partial charge on any atom is -0.382 e. The summed E-state index contributed by atoms with van der Waals surface area (Å²) in [4.78, 5) is 4.38. The summed E-state index contributed by atoms with van der Waals surface area (Å²) in [6.07, 6.45) is 3.80. The molecular formula is C12H18N4. The highest BCUT2D eigenvalue weighted by molar-refractivity contribution is 5.86. The van der Waals surface area contributed by atoms with Gasteiger partial charge in [-0.25, -0.2) is 9.67 Å². The molecule has 0 spiro atoms. The van der Waals surface area contributed by atoms with Gasteiger partial charge in [-0.05, 0) is 31.9 Å². The van der Waals surface area contributed by atoms with Gasteiger partial charge in [0.2, 0.25) is 0 Å². The number of hydrogen-bond donors (Lipinski definition) is 1. The molecule has 4 heteroatoms. The molecule has 16 heavy (non-hydrogen) atoms. The van der Waals surface area contributed by atoms with Crippen molar-refractivity contribution in [3.05, 3.63) is 18.3 Å². The lowest BCUT2D eigenvalue weighted by molar-refractivity contribution is 0.273. The number of hydrogen-bond acceptors (Lipinski definition) is 3. The Morgan fingerprint density at radius 3 is 2.69 bits per heavy atom. The quantitative estimate of drug-likeness (QED) is 0.861. The van der Waals surface area contributed by atoms with Crippen molar-refractivity contribution < 1.29 is 0 Å². The van der Waals surface area contributed by atoms with Gasteiger partial charge in [0.15, 0.2) is 11.5 Å². The third-order valence-corrected chi connectivity index (χ3v) is 3.51. The largest absolute Gasteiger partial charge is 0.382 e. The van der Waals surface area contributed by atoms with Crippen LogP contribution in [0.25, 0.3) is 11.0 Å². The van der Waals surface area contributed by atoms with Crippen LogP contribution in [0.1, 0.15) is 33.6 Å². The van der Waals surface area contributed by atoms with E-state index in [1.165, 1.54) is 0 Å².